The van der Waals surface area contributed by atoms with Gasteiger partial charge in [0.05, 0.1) is 85.1 Å². The molecule has 0 saturated heterocycles. The van der Waals surface area contributed by atoms with Gasteiger partial charge in [0.2, 0.25) is 34.2 Å². The fraction of sp³-hybridized carbons (Fsp3) is 0.346. The summed E-state index contributed by atoms with van der Waals surface area (Å²) in [6, 6.07) is 48.8. The number of halogens is 5. The van der Waals surface area contributed by atoms with Crippen LogP contribution in [0.1, 0.15) is 280 Å². The van der Waals surface area contributed by atoms with Crippen molar-refractivity contribution in [2.75, 3.05) is 0 Å². The standard InChI is InChI=1S/2C24H30N.2C23H27FN.C22H26FN2.C20H20F2N/c1-14(2)20-11-17(5)21-12-18(6)25(8)24(23(21)13-20)22-10-15(3)9-16(4)19(22)7;1-14(2)21-13-23-20(11-17(21)5)12-18(6)25(8)24(23)22-10-15(3)9-16(4)19(22)7;1-13(2)18-11-21-20(22(24)12-18)10-16(5)25(7)23(21)19-9-14(3)8-15(4)17(19)6;1-13(2)19-12-21-18(11-22(19)24)10-16(5)25(7)23(21)20-9-14(3)8-15(4)17(20)6;1-12(2)21-19(23)11-18-20(24-21)10-15(5)25(7)22(18)17-9-13(3)8-14(4)16(17)6;1-11-6-12(2)14(4)16(7-11)20-17-10-19(22)18(21)9-15(17)8-13(3)23(20)5/h2*9-14H,1-8H3;2*8-13H,1-7H3;8-12H,1-7H3;6-10H,1-5H3/q6*+1/i2*12D;3*10D;8D. The third-order valence-corrected chi connectivity index (χ3v) is 31.0. The molecule has 18 aromatic rings. The smallest absolute Gasteiger partial charge is 0.222 e. The van der Waals surface area contributed by atoms with Crippen LogP contribution in [0.15, 0.2) is 176 Å². The number of benzene rings is 11. The molecule has 11 aromatic carbocycles. The van der Waals surface area contributed by atoms with Gasteiger partial charge < -0.3 is 0 Å². The molecular weight excluding hydrogens is 1830 g/mol. The quantitative estimate of drug-likeness (QED) is 0.0939. The third-order valence-electron chi connectivity index (χ3n) is 31.0. The van der Waals surface area contributed by atoms with Gasteiger partial charge in [0.25, 0.3) is 0 Å². The van der Waals surface area contributed by atoms with Crippen molar-refractivity contribution in [2.45, 2.75) is 279 Å². The normalized spacial score (nSPS) is 12.1. The number of aromatic nitrogens is 7. The summed E-state index contributed by atoms with van der Waals surface area (Å²) >= 11 is 0. The summed E-state index contributed by atoms with van der Waals surface area (Å²) in [5.74, 6) is -1.43. The van der Waals surface area contributed by atoms with Gasteiger partial charge >= 0.3 is 0 Å². The molecule has 0 aliphatic rings. The summed E-state index contributed by atoms with van der Waals surface area (Å²) < 4.78 is 136. The van der Waals surface area contributed by atoms with Crippen molar-refractivity contribution in [1.29, 1.82) is 0 Å². The second-order valence-electron chi connectivity index (χ2n) is 43.9. The Labute approximate surface area is 888 Å². The fourth-order valence-corrected chi connectivity index (χ4v) is 21.2. The van der Waals surface area contributed by atoms with Crippen LogP contribution in [0.25, 0.3) is 132 Å². The van der Waals surface area contributed by atoms with E-state index in [1.807, 2.05) is 124 Å². The van der Waals surface area contributed by atoms with E-state index in [1.54, 1.807) is 18.2 Å². The van der Waals surface area contributed by atoms with Gasteiger partial charge in [-0.05, 0) is 381 Å². The van der Waals surface area contributed by atoms with Crippen LogP contribution in [0, 0.1) is 209 Å². The molecule has 7 heterocycles. The van der Waals surface area contributed by atoms with Gasteiger partial charge in [0, 0.05) is 83.2 Å². The van der Waals surface area contributed by atoms with Gasteiger partial charge in [-0.3, -0.25) is 0 Å². The second kappa shape index (κ2) is 44.6. The van der Waals surface area contributed by atoms with Crippen molar-refractivity contribution in [2.24, 2.45) is 42.3 Å². The van der Waals surface area contributed by atoms with Crippen LogP contribution in [0.3, 0.4) is 0 Å². The topological polar surface area (TPSA) is 36.2 Å². The van der Waals surface area contributed by atoms with Crippen molar-refractivity contribution in [3.05, 3.63) is 378 Å². The Morgan fingerprint density at radius 2 is 0.480 bits per heavy atom. The summed E-state index contributed by atoms with van der Waals surface area (Å²) in [7, 11) is 12.0. The van der Waals surface area contributed by atoms with Crippen LogP contribution >= 0.6 is 0 Å². The van der Waals surface area contributed by atoms with E-state index in [4.69, 9.17) is 8.22 Å². The van der Waals surface area contributed by atoms with Crippen LogP contribution < -0.4 is 27.4 Å². The molecule has 0 aliphatic heterocycles. The van der Waals surface area contributed by atoms with Crippen molar-refractivity contribution in [3.8, 4) is 67.5 Å². The van der Waals surface area contributed by atoms with E-state index in [0.29, 0.717) is 85.4 Å². The highest BCUT2D eigenvalue weighted by atomic mass is 19.2. The zero-order chi connectivity index (χ0) is 114. The highest BCUT2D eigenvalue weighted by Gasteiger charge is 2.32. The molecule has 0 aliphatic carbocycles. The average molecular weight is 1990 g/mol. The number of pyridine rings is 7. The molecular formula is C136H160F5N7+6. The van der Waals surface area contributed by atoms with Crippen molar-refractivity contribution >= 4 is 64.8 Å². The molecule has 768 valence electrons. The molecule has 18 rings (SSSR count). The van der Waals surface area contributed by atoms with Gasteiger partial charge in [0.1, 0.15) is 59.7 Å². The lowest BCUT2D eigenvalue weighted by Crippen LogP contribution is -2.35. The van der Waals surface area contributed by atoms with Crippen molar-refractivity contribution in [3.63, 3.8) is 0 Å². The fourth-order valence-electron chi connectivity index (χ4n) is 21.2. The SMILES string of the molecule is [2H]c1c(C)[n+](C)c(-c2cc(C)cc(C)c2C)c2cc(C(C)C)c(C)cc12.[2H]c1c(C)[n+](C)c(-c2cc(C)cc(C)c2C)c2cc(C(C)C)c(F)cc12.[2H]c1c(C)[n+](C)c(-c2cc(C)cc(C)c2C)c2cc(C(C)C)cc(C)c12.[2H]c1c(C)[n+](C)c(-c2cc(C)cc(C)c2C)c2cc(C(C)C)cc(F)c12.[2H]c1c(C)[n+](C)c(-c2cc(C)cc(C)c2C)c2cc(F)c(C(C)C)nc12.[2H]c1c(C)[n+](C)c(-c2cc(C)cc(C)c2C)c2cc(F)c(F)cc12. The maximum atomic E-state index is 15.0. The van der Waals surface area contributed by atoms with E-state index in [1.165, 1.54) is 134 Å². The van der Waals surface area contributed by atoms with Crippen LogP contribution in [0.2, 0.25) is 0 Å². The van der Waals surface area contributed by atoms with Gasteiger partial charge in [-0.15, -0.1) is 0 Å². The lowest BCUT2D eigenvalue weighted by atomic mass is 9.90. The van der Waals surface area contributed by atoms with Crippen molar-refractivity contribution in [1.82, 2.24) is 4.98 Å². The molecule has 0 radical (unpaired) electrons. The molecule has 0 N–H and O–H groups in total. The highest BCUT2D eigenvalue weighted by molar-refractivity contribution is 6.01. The number of hydrogen-bond acceptors (Lipinski definition) is 1. The maximum absolute atomic E-state index is 15.0. The number of hydrogen-bond donors (Lipinski definition) is 0. The van der Waals surface area contributed by atoms with E-state index in [2.05, 4.69) is 309 Å². The number of aryl methyl sites for hydroxylation is 14. The summed E-state index contributed by atoms with van der Waals surface area (Å²) in [4.78, 5) is 4.56. The molecule has 0 fully saturated rings. The Hall–Kier alpha value is -13.3. The van der Waals surface area contributed by atoms with E-state index >= 15 is 4.39 Å². The van der Waals surface area contributed by atoms with Gasteiger partial charge in [0.15, 0.2) is 45.8 Å². The molecule has 0 spiro atoms. The maximum Gasteiger partial charge on any atom is 0.222 e. The molecule has 0 amide bonds. The molecule has 148 heavy (non-hydrogen) atoms. The zero-order valence-electron chi connectivity index (χ0n) is 102. The first-order valence-electron chi connectivity index (χ1n) is 55.3. The summed E-state index contributed by atoms with van der Waals surface area (Å²) in [6.07, 6.45) is 0. The summed E-state index contributed by atoms with van der Waals surface area (Å²) in [5.41, 5.74) is 48.0. The first-order valence-corrected chi connectivity index (χ1v) is 52.3. The van der Waals surface area contributed by atoms with Crippen LogP contribution in [0.5, 0.6) is 0 Å². The number of fused-ring (bicyclic) bond motifs is 6. The first kappa shape index (κ1) is 103. The average Bonchev–Trinajstić information content (AvgIpc) is 0.756. The molecule has 0 saturated carbocycles. The zero-order valence-corrected chi connectivity index (χ0v) is 96.2. The van der Waals surface area contributed by atoms with Gasteiger partial charge in [-0.25, -0.2) is 26.9 Å². The van der Waals surface area contributed by atoms with E-state index in [9.17, 15) is 17.6 Å². The predicted octanol–water partition coefficient (Wildman–Crippen LogP) is 33.7. The van der Waals surface area contributed by atoms with Crippen LogP contribution in [-0.4, -0.2) is 4.98 Å². The first-order chi connectivity index (χ1) is 71.9. The number of nitrogens with zero attached hydrogens (tertiary/aromatic N) is 7. The minimum absolute atomic E-state index is 0.0283. The van der Waals surface area contributed by atoms with E-state index in [0.717, 1.165) is 134 Å². The highest BCUT2D eigenvalue weighted by Crippen LogP contribution is 2.43. The largest absolute Gasteiger partial charge is 0.249 e. The lowest BCUT2D eigenvalue weighted by molar-refractivity contribution is -0.665. The van der Waals surface area contributed by atoms with Crippen LogP contribution in [-0.2, 0) is 42.3 Å². The van der Waals surface area contributed by atoms with Gasteiger partial charge in [-0.2, -0.15) is 27.4 Å². The monoisotopic (exact) mass is 1990 g/mol. The Balaban J connectivity index is 0.000000153. The summed E-state index contributed by atoms with van der Waals surface area (Å²) in [5, 5.41) is 9.05. The van der Waals surface area contributed by atoms with E-state index in [-0.39, 0.29) is 47.3 Å². The van der Waals surface area contributed by atoms with Crippen LogP contribution in [0.4, 0.5) is 22.0 Å². The molecule has 0 bridgehead atoms. The Morgan fingerprint density at radius 3 is 0.818 bits per heavy atom. The minimum Gasteiger partial charge on any atom is -0.249 e. The Bertz CT molecular complexity index is 8430. The minimum atomic E-state index is -0.924. The lowest BCUT2D eigenvalue weighted by Gasteiger charge is -2.16. The molecule has 12 heteroatoms. The molecule has 7 aromatic heterocycles. The molecule has 7 nitrogen and oxygen atoms in total. The Kier molecular flexibility index (Phi) is 31.1. The molecule has 0 atom stereocenters. The number of rotatable bonds is 11. The predicted molar refractivity (Wildman–Crippen MR) is 615 cm³/mol. The van der Waals surface area contributed by atoms with E-state index < -0.39 is 11.6 Å². The summed E-state index contributed by atoms with van der Waals surface area (Å²) in [6.45, 7) is 75.0. The third kappa shape index (κ3) is 22.7. The second-order valence-corrected chi connectivity index (χ2v) is 43.9. The Morgan fingerprint density at radius 1 is 0.209 bits per heavy atom. The van der Waals surface area contributed by atoms with Crippen molar-refractivity contribution < 1.29 is 57.6 Å². The van der Waals surface area contributed by atoms with Gasteiger partial charge in [-0.1, -0.05) is 151 Å². The molecule has 0 unspecified atom stereocenters.